The SMILES string of the molecule is C=CCOc1ccccc1/C=C1\SC(=S)N([C@H](C(=O)[O-])C(C)C)C1=O. The molecule has 0 bridgehead atoms. The van der Waals surface area contributed by atoms with Crippen molar-refractivity contribution >= 4 is 46.3 Å². The average Bonchev–Trinajstić information content (AvgIpc) is 2.81. The Bertz CT molecular complexity index is 742. The smallest absolute Gasteiger partial charge is 0.266 e. The standard InChI is InChI=1S/C18H19NO4S2/c1-4-9-23-13-8-6-5-7-12(13)10-14-16(20)19(18(24)25-14)15(11(2)3)17(21)22/h4-8,10-11,15H,1,9H2,2-3H3,(H,21,22)/p-1/b14-10-/t15-/m0/s1. The number of thiocarbonyl (C=S) groups is 1. The van der Waals surface area contributed by atoms with Crippen LogP contribution in [0.1, 0.15) is 19.4 Å². The molecule has 5 nitrogen and oxygen atoms in total. The van der Waals surface area contributed by atoms with Gasteiger partial charge in [0.05, 0.1) is 16.9 Å². The maximum Gasteiger partial charge on any atom is 0.266 e. The molecule has 1 aromatic carbocycles. The van der Waals surface area contributed by atoms with Gasteiger partial charge in [-0.3, -0.25) is 9.69 Å². The van der Waals surface area contributed by atoms with Crippen LogP contribution in [0.4, 0.5) is 0 Å². The number of para-hydroxylation sites is 1. The molecule has 1 aliphatic rings. The minimum atomic E-state index is -1.32. The Morgan fingerprint density at radius 3 is 2.72 bits per heavy atom. The molecule has 0 N–H and O–H groups in total. The van der Waals surface area contributed by atoms with Crippen LogP contribution in [0.5, 0.6) is 5.75 Å². The molecule has 1 amide bonds. The second-order valence-corrected chi connectivity index (χ2v) is 7.37. The van der Waals surface area contributed by atoms with E-state index in [0.717, 1.165) is 16.7 Å². The van der Waals surface area contributed by atoms with E-state index >= 15 is 0 Å². The molecule has 1 aromatic rings. The second kappa shape index (κ2) is 8.31. The fourth-order valence-electron chi connectivity index (χ4n) is 2.42. The summed E-state index contributed by atoms with van der Waals surface area (Å²) in [6.07, 6.45) is 3.29. The molecule has 0 spiro atoms. The fraction of sp³-hybridized carbons (Fsp3) is 0.278. The van der Waals surface area contributed by atoms with E-state index in [2.05, 4.69) is 6.58 Å². The summed E-state index contributed by atoms with van der Waals surface area (Å²) in [5.41, 5.74) is 0.708. The van der Waals surface area contributed by atoms with Gasteiger partial charge in [-0.05, 0) is 18.1 Å². The van der Waals surface area contributed by atoms with E-state index in [0.29, 0.717) is 22.8 Å². The summed E-state index contributed by atoms with van der Waals surface area (Å²) in [6.45, 7) is 7.37. The summed E-state index contributed by atoms with van der Waals surface area (Å²) >= 11 is 6.29. The van der Waals surface area contributed by atoms with Crippen LogP contribution in [0.15, 0.2) is 41.8 Å². The van der Waals surface area contributed by atoms with Crippen molar-refractivity contribution in [3.8, 4) is 5.75 Å². The highest BCUT2D eigenvalue weighted by Gasteiger charge is 2.39. The van der Waals surface area contributed by atoms with Gasteiger partial charge < -0.3 is 14.6 Å². The van der Waals surface area contributed by atoms with Crippen molar-refractivity contribution in [3.63, 3.8) is 0 Å². The molecule has 132 valence electrons. The van der Waals surface area contributed by atoms with Gasteiger partial charge in [-0.1, -0.05) is 68.7 Å². The molecule has 1 saturated heterocycles. The number of ether oxygens (including phenoxy) is 1. The highest BCUT2D eigenvalue weighted by atomic mass is 32.2. The van der Waals surface area contributed by atoms with Gasteiger partial charge in [0.2, 0.25) is 0 Å². The van der Waals surface area contributed by atoms with Crippen molar-refractivity contribution in [1.29, 1.82) is 0 Å². The zero-order chi connectivity index (χ0) is 18.6. The quantitative estimate of drug-likeness (QED) is 0.413. The first-order valence-electron chi connectivity index (χ1n) is 7.67. The third kappa shape index (κ3) is 4.29. The van der Waals surface area contributed by atoms with Crippen LogP contribution in [-0.4, -0.2) is 33.7 Å². The van der Waals surface area contributed by atoms with Crippen LogP contribution < -0.4 is 9.84 Å². The van der Waals surface area contributed by atoms with E-state index in [9.17, 15) is 14.7 Å². The van der Waals surface area contributed by atoms with Crippen LogP contribution in [0.25, 0.3) is 6.08 Å². The Morgan fingerprint density at radius 1 is 1.44 bits per heavy atom. The number of benzene rings is 1. The van der Waals surface area contributed by atoms with Gasteiger partial charge in [-0.25, -0.2) is 0 Å². The Hall–Kier alpha value is -2.12. The van der Waals surface area contributed by atoms with Crippen molar-refractivity contribution in [2.75, 3.05) is 6.61 Å². The number of aliphatic carboxylic acids is 1. The number of nitrogens with zero attached hydrogens (tertiary/aromatic N) is 1. The molecule has 7 heteroatoms. The summed E-state index contributed by atoms with van der Waals surface area (Å²) in [4.78, 5) is 25.6. The van der Waals surface area contributed by atoms with E-state index in [1.54, 1.807) is 32.1 Å². The highest BCUT2D eigenvalue weighted by molar-refractivity contribution is 8.26. The minimum absolute atomic E-state index is 0.212. The van der Waals surface area contributed by atoms with Crippen LogP contribution in [0, 0.1) is 5.92 Å². The number of rotatable bonds is 7. The molecule has 2 rings (SSSR count). The summed E-state index contributed by atoms with van der Waals surface area (Å²) < 4.78 is 5.79. The molecule has 0 unspecified atom stereocenters. The lowest BCUT2D eigenvalue weighted by atomic mass is 10.0. The lowest BCUT2D eigenvalue weighted by Crippen LogP contribution is -2.52. The molecule has 1 aliphatic heterocycles. The van der Waals surface area contributed by atoms with Crippen LogP contribution >= 0.6 is 24.0 Å². The summed E-state index contributed by atoms with van der Waals surface area (Å²) in [5.74, 6) is -1.47. The lowest BCUT2D eigenvalue weighted by molar-refractivity contribution is -0.311. The number of amides is 1. The molecule has 0 saturated carbocycles. The van der Waals surface area contributed by atoms with Gasteiger partial charge in [-0.15, -0.1) is 0 Å². The molecule has 0 aromatic heterocycles. The maximum absolute atomic E-state index is 12.7. The van der Waals surface area contributed by atoms with Crippen LogP contribution in [0.3, 0.4) is 0 Å². The van der Waals surface area contributed by atoms with Crippen molar-refractivity contribution in [1.82, 2.24) is 4.90 Å². The van der Waals surface area contributed by atoms with Gasteiger partial charge in [0.15, 0.2) is 0 Å². The van der Waals surface area contributed by atoms with Crippen molar-refractivity contribution < 1.29 is 19.4 Å². The fourth-order valence-corrected chi connectivity index (χ4v) is 3.74. The monoisotopic (exact) mass is 376 g/mol. The first-order chi connectivity index (χ1) is 11.9. The number of hydrogen-bond acceptors (Lipinski definition) is 6. The zero-order valence-corrected chi connectivity index (χ0v) is 15.6. The van der Waals surface area contributed by atoms with Gasteiger partial charge in [0.1, 0.15) is 16.7 Å². The maximum atomic E-state index is 12.7. The molecule has 25 heavy (non-hydrogen) atoms. The van der Waals surface area contributed by atoms with Crippen molar-refractivity contribution in [2.24, 2.45) is 5.92 Å². The molecule has 1 fully saturated rings. The molecule has 0 aliphatic carbocycles. The number of carboxylic acids is 1. The number of thioether (sulfide) groups is 1. The molecule has 0 radical (unpaired) electrons. The van der Waals surface area contributed by atoms with E-state index in [1.165, 1.54) is 0 Å². The highest BCUT2D eigenvalue weighted by Crippen LogP contribution is 2.36. The van der Waals surface area contributed by atoms with Crippen molar-refractivity contribution in [3.05, 3.63) is 47.4 Å². The van der Waals surface area contributed by atoms with Crippen LogP contribution in [-0.2, 0) is 9.59 Å². The van der Waals surface area contributed by atoms with Crippen LogP contribution in [0.2, 0.25) is 0 Å². The number of carbonyl (C=O) groups is 2. The number of hydrogen-bond donors (Lipinski definition) is 0. The number of carbonyl (C=O) groups excluding carboxylic acids is 2. The zero-order valence-electron chi connectivity index (χ0n) is 13.9. The largest absolute Gasteiger partial charge is 0.548 e. The third-order valence-electron chi connectivity index (χ3n) is 3.54. The Morgan fingerprint density at radius 2 is 2.12 bits per heavy atom. The van der Waals surface area contributed by atoms with Gasteiger partial charge in [0.25, 0.3) is 5.91 Å². The first-order valence-corrected chi connectivity index (χ1v) is 8.90. The van der Waals surface area contributed by atoms with E-state index in [1.807, 2.05) is 18.2 Å². The van der Waals surface area contributed by atoms with E-state index in [-0.39, 0.29) is 10.2 Å². The molecular formula is C18H18NO4S2-. The predicted molar refractivity (Wildman–Crippen MR) is 101 cm³/mol. The van der Waals surface area contributed by atoms with Gasteiger partial charge in [-0.2, -0.15) is 0 Å². The molecule has 1 atom stereocenters. The molecule has 1 heterocycles. The van der Waals surface area contributed by atoms with Crippen molar-refractivity contribution in [2.45, 2.75) is 19.9 Å². The Labute approximate surface area is 156 Å². The Balaban J connectivity index is 2.35. The van der Waals surface area contributed by atoms with E-state index in [4.69, 9.17) is 17.0 Å². The number of carboxylic acid groups (broad SMARTS) is 1. The normalized spacial score (nSPS) is 17.2. The molecular weight excluding hydrogens is 358 g/mol. The topological polar surface area (TPSA) is 69.7 Å². The average molecular weight is 376 g/mol. The first kappa shape index (κ1) is 19.2. The lowest BCUT2D eigenvalue weighted by Gasteiger charge is -2.30. The predicted octanol–water partition coefficient (Wildman–Crippen LogP) is 2.23. The van der Waals surface area contributed by atoms with Gasteiger partial charge in [0, 0.05) is 5.56 Å². The minimum Gasteiger partial charge on any atom is -0.548 e. The summed E-state index contributed by atoms with van der Waals surface area (Å²) in [7, 11) is 0. The van der Waals surface area contributed by atoms with Gasteiger partial charge >= 0.3 is 0 Å². The summed E-state index contributed by atoms with van der Waals surface area (Å²) in [5, 5.41) is 11.4. The Kier molecular flexibility index (Phi) is 6.39. The second-order valence-electron chi connectivity index (χ2n) is 5.70. The third-order valence-corrected chi connectivity index (χ3v) is 4.87. The summed E-state index contributed by atoms with van der Waals surface area (Å²) in [6, 6.07) is 6.15. The van der Waals surface area contributed by atoms with E-state index < -0.39 is 17.9 Å².